The average molecular weight is 204 g/mol. The van der Waals surface area contributed by atoms with Gasteiger partial charge in [-0.25, -0.2) is 0 Å². The third-order valence-electron chi connectivity index (χ3n) is 1.85. The highest BCUT2D eigenvalue weighted by Crippen LogP contribution is 1.98. The summed E-state index contributed by atoms with van der Waals surface area (Å²) in [5.74, 6) is -0.199. The molecule has 15 heavy (non-hydrogen) atoms. The van der Waals surface area contributed by atoms with Crippen molar-refractivity contribution in [3.05, 3.63) is 35.9 Å². The Labute approximate surface area is 88.2 Å². The number of rotatable bonds is 4. The third kappa shape index (κ3) is 4.25. The summed E-state index contributed by atoms with van der Waals surface area (Å²) in [7, 11) is 0. The lowest BCUT2D eigenvalue weighted by Crippen LogP contribution is -2.32. The summed E-state index contributed by atoms with van der Waals surface area (Å²) in [4.78, 5) is 11.3. The quantitative estimate of drug-likeness (QED) is 0.689. The minimum atomic E-state index is -1.13. The van der Waals surface area contributed by atoms with Crippen LogP contribution in [0.4, 0.5) is 0 Å². The molecule has 4 heteroatoms. The number of amides is 1. The van der Waals surface area contributed by atoms with Gasteiger partial charge < -0.3 is 10.4 Å². The van der Waals surface area contributed by atoms with Gasteiger partial charge in [-0.05, 0) is 5.56 Å². The first-order chi connectivity index (χ1) is 7.22. The highest BCUT2D eigenvalue weighted by atomic mass is 16.3. The second-order valence-corrected chi connectivity index (χ2v) is 3.11. The van der Waals surface area contributed by atoms with Gasteiger partial charge in [0.2, 0.25) is 5.91 Å². The van der Waals surface area contributed by atoms with Gasteiger partial charge >= 0.3 is 0 Å². The van der Waals surface area contributed by atoms with E-state index >= 15 is 0 Å². The third-order valence-corrected chi connectivity index (χ3v) is 1.85. The van der Waals surface area contributed by atoms with Crippen LogP contribution < -0.4 is 5.32 Å². The maximum Gasteiger partial charge on any atom is 0.224 e. The van der Waals surface area contributed by atoms with Crippen molar-refractivity contribution in [3.8, 4) is 6.07 Å². The zero-order chi connectivity index (χ0) is 11.1. The van der Waals surface area contributed by atoms with E-state index in [-0.39, 0.29) is 18.9 Å². The Morgan fingerprint density at radius 3 is 2.73 bits per heavy atom. The van der Waals surface area contributed by atoms with Gasteiger partial charge in [0.1, 0.15) is 0 Å². The molecule has 0 spiro atoms. The predicted octanol–water partition coefficient (Wildman–Crippen LogP) is 0.230. The molecule has 1 atom stereocenters. The second-order valence-electron chi connectivity index (χ2n) is 3.11. The van der Waals surface area contributed by atoms with E-state index in [1.807, 2.05) is 30.3 Å². The maximum atomic E-state index is 11.3. The molecular formula is C11H12N2O2. The van der Waals surface area contributed by atoms with Crippen molar-refractivity contribution in [1.82, 2.24) is 5.32 Å². The Morgan fingerprint density at radius 2 is 2.13 bits per heavy atom. The molecule has 0 saturated heterocycles. The van der Waals surface area contributed by atoms with Crippen LogP contribution in [-0.4, -0.2) is 23.7 Å². The molecule has 4 nitrogen and oxygen atoms in total. The second kappa shape index (κ2) is 5.78. The topological polar surface area (TPSA) is 73.1 Å². The van der Waals surface area contributed by atoms with Crippen LogP contribution >= 0.6 is 0 Å². The van der Waals surface area contributed by atoms with Gasteiger partial charge in [-0.1, -0.05) is 30.3 Å². The molecule has 0 fully saturated rings. The molecule has 0 aliphatic heterocycles. The lowest BCUT2D eigenvalue weighted by atomic mass is 10.1. The van der Waals surface area contributed by atoms with E-state index in [1.165, 1.54) is 0 Å². The summed E-state index contributed by atoms with van der Waals surface area (Å²) in [5, 5.41) is 19.7. The van der Waals surface area contributed by atoms with Gasteiger partial charge in [0, 0.05) is 0 Å². The van der Waals surface area contributed by atoms with Gasteiger partial charge in [-0.2, -0.15) is 5.26 Å². The van der Waals surface area contributed by atoms with Crippen molar-refractivity contribution < 1.29 is 9.90 Å². The molecule has 1 aromatic rings. The Hall–Kier alpha value is -1.86. The van der Waals surface area contributed by atoms with E-state index in [0.717, 1.165) is 5.56 Å². The Kier molecular flexibility index (Phi) is 4.32. The van der Waals surface area contributed by atoms with Crippen LogP contribution in [0.3, 0.4) is 0 Å². The minimum Gasteiger partial charge on any atom is -0.376 e. The molecule has 0 aromatic heterocycles. The SMILES string of the molecule is N#CC(O)CNC(=O)Cc1ccccc1. The lowest BCUT2D eigenvalue weighted by molar-refractivity contribution is -0.120. The van der Waals surface area contributed by atoms with E-state index < -0.39 is 6.10 Å². The number of aliphatic hydroxyl groups excluding tert-OH is 1. The lowest BCUT2D eigenvalue weighted by Gasteiger charge is -2.05. The number of nitrogens with one attached hydrogen (secondary N) is 1. The minimum absolute atomic E-state index is 0.0256. The molecule has 0 saturated carbocycles. The number of carbonyl (C=O) groups excluding carboxylic acids is 1. The maximum absolute atomic E-state index is 11.3. The molecule has 1 unspecified atom stereocenters. The molecule has 0 bridgehead atoms. The van der Waals surface area contributed by atoms with Crippen molar-refractivity contribution in [2.75, 3.05) is 6.54 Å². The Balaban J connectivity index is 2.35. The summed E-state index contributed by atoms with van der Waals surface area (Å²) in [6, 6.07) is 10.9. The average Bonchev–Trinajstić information content (AvgIpc) is 2.27. The number of hydrogen-bond donors (Lipinski definition) is 2. The fourth-order valence-electron chi connectivity index (χ4n) is 1.10. The molecule has 0 heterocycles. The zero-order valence-corrected chi connectivity index (χ0v) is 8.18. The smallest absolute Gasteiger partial charge is 0.224 e. The zero-order valence-electron chi connectivity index (χ0n) is 8.18. The Morgan fingerprint density at radius 1 is 1.47 bits per heavy atom. The first kappa shape index (κ1) is 11.2. The molecule has 0 radical (unpaired) electrons. The van der Waals surface area contributed by atoms with Crippen molar-refractivity contribution in [1.29, 1.82) is 5.26 Å². The van der Waals surface area contributed by atoms with Crippen LogP contribution in [-0.2, 0) is 11.2 Å². The van der Waals surface area contributed by atoms with Crippen LogP contribution in [0.2, 0.25) is 0 Å². The van der Waals surface area contributed by atoms with Crippen LogP contribution in [0.25, 0.3) is 0 Å². The predicted molar refractivity (Wildman–Crippen MR) is 54.8 cm³/mol. The monoisotopic (exact) mass is 204 g/mol. The molecule has 2 N–H and O–H groups in total. The number of hydrogen-bond acceptors (Lipinski definition) is 3. The molecule has 1 rings (SSSR count). The van der Waals surface area contributed by atoms with Crippen molar-refractivity contribution in [2.45, 2.75) is 12.5 Å². The number of aliphatic hydroxyl groups is 1. The van der Waals surface area contributed by atoms with E-state index in [2.05, 4.69) is 5.32 Å². The number of carbonyl (C=O) groups is 1. The fourth-order valence-corrected chi connectivity index (χ4v) is 1.10. The van der Waals surface area contributed by atoms with Gasteiger partial charge in [-0.3, -0.25) is 4.79 Å². The largest absolute Gasteiger partial charge is 0.376 e. The molecule has 78 valence electrons. The molecule has 1 amide bonds. The number of nitriles is 1. The van der Waals surface area contributed by atoms with Crippen molar-refractivity contribution in [3.63, 3.8) is 0 Å². The van der Waals surface area contributed by atoms with Crippen LogP contribution in [0.1, 0.15) is 5.56 Å². The highest BCUT2D eigenvalue weighted by Gasteiger charge is 2.05. The first-order valence-corrected chi connectivity index (χ1v) is 4.60. The Bertz CT molecular complexity index is 357. The van der Waals surface area contributed by atoms with E-state index in [1.54, 1.807) is 6.07 Å². The fraction of sp³-hybridized carbons (Fsp3) is 0.273. The van der Waals surface area contributed by atoms with Crippen LogP contribution in [0.15, 0.2) is 30.3 Å². The molecule has 1 aromatic carbocycles. The molecular weight excluding hydrogens is 192 g/mol. The van der Waals surface area contributed by atoms with Crippen molar-refractivity contribution >= 4 is 5.91 Å². The molecule has 0 aliphatic rings. The highest BCUT2D eigenvalue weighted by molar-refractivity contribution is 5.78. The summed E-state index contributed by atoms with van der Waals surface area (Å²) in [6.07, 6.45) is -0.872. The number of benzene rings is 1. The van der Waals surface area contributed by atoms with Crippen molar-refractivity contribution in [2.24, 2.45) is 0 Å². The molecule has 0 aliphatic carbocycles. The van der Waals surface area contributed by atoms with Gasteiger partial charge in [0.25, 0.3) is 0 Å². The van der Waals surface area contributed by atoms with Gasteiger partial charge in [-0.15, -0.1) is 0 Å². The van der Waals surface area contributed by atoms with Gasteiger partial charge in [0.15, 0.2) is 6.10 Å². The van der Waals surface area contributed by atoms with Gasteiger partial charge in [0.05, 0.1) is 19.0 Å². The van der Waals surface area contributed by atoms with Crippen LogP contribution in [0.5, 0.6) is 0 Å². The standard InChI is InChI=1S/C11H12N2O2/c12-7-10(14)8-13-11(15)6-9-4-2-1-3-5-9/h1-5,10,14H,6,8H2,(H,13,15). The summed E-state index contributed by atoms with van der Waals surface area (Å²) < 4.78 is 0. The normalized spacial score (nSPS) is 11.5. The van der Waals surface area contributed by atoms with Crippen LogP contribution in [0, 0.1) is 11.3 Å². The summed E-state index contributed by atoms with van der Waals surface area (Å²) >= 11 is 0. The van der Waals surface area contributed by atoms with E-state index in [4.69, 9.17) is 10.4 Å². The van der Waals surface area contributed by atoms with E-state index in [0.29, 0.717) is 0 Å². The first-order valence-electron chi connectivity index (χ1n) is 4.60. The summed E-state index contributed by atoms with van der Waals surface area (Å²) in [5.41, 5.74) is 0.904. The number of nitrogens with zero attached hydrogens (tertiary/aromatic N) is 1. The van der Waals surface area contributed by atoms with E-state index in [9.17, 15) is 4.79 Å². The summed E-state index contributed by atoms with van der Waals surface area (Å²) in [6.45, 7) is -0.0256.